The Balaban J connectivity index is 3.01. The Morgan fingerprint density at radius 1 is 1.31 bits per heavy atom. The van der Waals surface area contributed by atoms with Crippen molar-refractivity contribution in [1.82, 2.24) is 4.57 Å². The van der Waals surface area contributed by atoms with E-state index in [1.165, 1.54) is 11.8 Å². The summed E-state index contributed by atoms with van der Waals surface area (Å²) in [5.41, 5.74) is 0.880. The molecule has 3 nitrogen and oxygen atoms in total. The first-order valence-electron chi connectivity index (χ1n) is 4.90. The Hall–Kier alpha value is -1.42. The normalized spacial score (nSPS) is 10.7. The third-order valence-electron chi connectivity index (χ3n) is 2.62. The number of methoxy groups -OCH3 is 1. The maximum atomic E-state index is 12.1. The van der Waals surface area contributed by atoms with Crippen molar-refractivity contribution in [2.75, 3.05) is 13.4 Å². The number of aromatic nitrogens is 1. The number of rotatable bonds is 2. The molecule has 16 heavy (non-hydrogen) atoms. The third-order valence-corrected chi connectivity index (χ3v) is 3.39. The highest BCUT2D eigenvalue weighted by Gasteiger charge is 2.14. The molecule has 1 heterocycles. The van der Waals surface area contributed by atoms with E-state index in [4.69, 9.17) is 4.74 Å². The summed E-state index contributed by atoms with van der Waals surface area (Å²) in [6.45, 7) is 0. The van der Waals surface area contributed by atoms with Gasteiger partial charge in [-0.05, 0) is 18.4 Å². The van der Waals surface area contributed by atoms with Gasteiger partial charge in [-0.15, -0.1) is 11.8 Å². The maximum Gasteiger partial charge on any atom is 0.268 e. The molecule has 2 rings (SSSR count). The minimum absolute atomic E-state index is 0.0111. The predicted molar refractivity (Wildman–Crippen MR) is 67.5 cm³/mol. The molecule has 0 fully saturated rings. The number of benzene rings is 1. The summed E-state index contributed by atoms with van der Waals surface area (Å²) in [4.78, 5) is 12.7. The van der Waals surface area contributed by atoms with E-state index < -0.39 is 0 Å². The average Bonchev–Trinajstić information content (AvgIpc) is 2.33. The topological polar surface area (TPSA) is 31.2 Å². The van der Waals surface area contributed by atoms with Crippen molar-refractivity contribution in [1.29, 1.82) is 0 Å². The molecule has 84 valence electrons. The SMILES string of the molecule is COc1c(SC)c(=O)n(C)c2ccccc12. The lowest BCUT2D eigenvalue weighted by Gasteiger charge is -2.12. The number of pyridine rings is 1. The van der Waals surface area contributed by atoms with Crippen molar-refractivity contribution in [3.63, 3.8) is 0 Å². The zero-order valence-electron chi connectivity index (χ0n) is 9.48. The second kappa shape index (κ2) is 4.22. The molecule has 0 radical (unpaired) electrons. The molecule has 0 aliphatic rings. The number of aryl methyl sites for hydroxylation is 1. The van der Waals surface area contributed by atoms with Crippen molar-refractivity contribution >= 4 is 22.7 Å². The van der Waals surface area contributed by atoms with Gasteiger partial charge in [-0.25, -0.2) is 0 Å². The largest absolute Gasteiger partial charge is 0.495 e. The van der Waals surface area contributed by atoms with E-state index >= 15 is 0 Å². The molecule has 0 saturated carbocycles. The molecule has 0 N–H and O–H groups in total. The van der Waals surface area contributed by atoms with E-state index in [-0.39, 0.29) is 5.56 Å². The van der Waals surface area contributed by atoms with E-state index in [1.807, 2.05) is 30.5 Å². The lowest BCUT2D eigenvalue weighted by Crippen LogP contribution is -2.19. The molecule has 0 spiro atoms. The zero-order chi connectivity index (χ0) is 11.7. The van der Waals surface area contributed by atoms with Crippen molar-refractivity contribution < 1.29 is 4.74 Å². The van der Waals surface area contributed by atoms with Crippen LogP contribution in [0.1, 0.15) is 0 Å². The fourth-order valence-electron chi connectivity index (χ4n) is 1.82. The van der Waals surface area contributed by atoms with Crippen LogP contribution in [0.3, 0.4) is 0 Å². The molecule has 4 heteroatoms. The summed E-state index contributed by atoms with van der Waals surface area (Å²) < 4.78 is 7.01. The van der Waals surface area contributed by atoms with Crippen LogP contribution in [0, 0.1) is 0 Å². The van der Waals surface area contributed by atoms with Crippen molar-refractivity contribution in [2.45, 2.75) is 4.90 Å². The van der Waals surface area contributed by atoms with Gasteiger partial charge in [0.15, 0.2) is 0 Å². The predicted octanol–water partition coefficient (Wildman–Crippen LogP) is 2.27. The van der Waals surface area contributed by atoms with Crippen LogP contribution in [-0.2, 0) is 7.05 Å². The summed E-state index contributed by atoms with van der Waals surface area (Å²) in [5.74, 6) is 0.672. The maximum absolute atomic E-state index is 12.1. The van der Waals surface area contributed by atoms with E-state index in [0.29, 0.717) is 10.6 Å². The van der Waals surface area contributed by atoms with Crippen molar-refractivity contribution in [3.8, 4) is 5.75 Å². The number of fused-ring (bicyclic) bond motifs is 1. The minimum atomic E-state index is -0.0111. The molecule has 0 aliphatic carbocycles. The average molecular weight is 235 g/mol. The van der Waals surface area contributed by atoms with Crippen LogP contribution in [0.4, 0.5) is 0 Å². The molecular weight excluding hydrogens is 222 g/mol. The number of para-hydroxylation sites is 1. The highest BCUT2D eigenvalue weighted by Crippen LogP contribution is 2.31. The number of nitrogens with zero attached hydrogens (tertiary/aromatic N) is 1. The van der Waals surface area contributed by atoms with Gasteiger partial charge in [0.25, 0.3) is 5.56 Å². The first-order valence-corrected chi connectivity index (χ1v) is 6.13. The van der Waals surface area contributed by atoms with Crippen LogP contribution in [0.15, 0.2) is 34.0 Å². The van der Waals surface area contributed by atoms with Crippen LogP contribution in [0.2, 0.25) is 0 Å². The molecule has 0 aliphatic heterocycles. The van der Waals surface area contributed by atoms with E-state index in [9.17, 15) is 4.79 Å². The van der Waals surface area contributed by atoms with Crippen LogP contribution in [0.25, 0.3) is 10.9 Å². The van der Waals surface area contributed by atoms with Crippen LogP contribution in [0.5, 0.6) is 5.75 Å². The molecule has 0 amide bonds. The zero-order valence-corrected chi connectivity index (χ0v) is 10.3. The van der Waals surface area contributed by atoms with Gasteiger partial charge in [0.2, 0.25) is 0 Å². The summed E-state index contributed by atoms with van der Waals surface area (Å²) in [7, 11) is 3.38. The lowest BCUT2D eigenvalue weighted by molar-refractivity contribution is 0.407. The standard InChI is InChI=1S/C12H13NO2S/c1-13-9-7-5-4-6-8(9)10(15-2)11(16-3)12(13)14/h4-7H,1-3H3. The fourth-order valence-corrected chi connectivity index (χ4v) is 2.51. The number of thioether (sulfide) groups is 1. The van der Waals surface area contributed by atoms with Gasteiger partial charge in [-0.1, -0.05) is 12.1 Å². The summed E-state index contributed by atoms with van der Waals surface area (Å²) in [6.07, 6.45) is 1.88. The monoisotopic (exact) mass is 235 g/mol. The molecule has 1 aromatic carbocycles. The minimum Gasteiger partial charge on any atom is -0.495 e. The molecule has 0 saturated heterocycles. The quantitative estimate of drug-likeness (QED) is 0.748. The summed E-state index contributed by atoms with van der Waals surface area (Å²) in [5, 5.41) is 0.969. The van der Waals surface area contributed by atoms with Crippen molar-refractivity contribution in [3.05, 3.63) is 34.6 Å². The van der Waals surface area contributed by atoms with Crippen molar-refractivity contribution in [2.24, 2.45) is 7.05 Å². The molecule has 0 atom stereocenters. The van der Waals surface area contributed by atoms with Gasteiger partial charge in [0.1, 0.15) is 10.6 Å². The van der Waals surface area contributed by atoms with E-state index in [2.05, 4.69) is 0 Å². The highest BCUT2D eigenvalue weighted by atomic mass is 32.2. The molecule has 1 aromatic heterocycles. The smallest absolute Gasteiger partial charge is 0.268 e. The lowest BCUT2D eigenvalue weighted by atomic mass is 10.2. The van der Waals surface area contributed by atoms with Gasteiger partial charge in [-0.3, -0.25) is 4.79 Å². The Labute approximate surface area is 98.0 Å². The van der Waals surface area contributed by atoms with E-state index in [1.54, 1.807) is 18.7 Å². The summed E-state index contributed by atoms with van der Waals surface area (Å²) >= 11 is 1.42. The Morgan fingerprint density at radius 3 is 2.62 bits per heavy atom. The van der Waals surface area contributed by atoms with Gasteiger partial charge >= 0.3 is 0 Å². The third kappa shape index (κ3) is 1.50. The number of hydrogen-bond donors (Lipinski definition) is 0. The van der Waals surface area contributed by atoms with Gasteiger partial charge in [0, 0.05) is 12.4 Å². The van der Waals surface area contributed by atoms with Crippen LogP contribution >= 0.6 is 11.8 Å². The molecule has 0 unspecified atom stereocenters. The molecule has 0 bridgehead atoms. The van der Waals surface area contributed by atoms with E-state index in [0.717, 1.165) is 10.9 Å². The van der Waals surface area contributed by atoms with Crippen LogP contribution in [-0.4, -0.2) is 17.9 Å². The van der Waals surface area contributed by atoms with Crippen LogP contribution < -0.4 is 10.3 Å². The Kier molecular flexibility index (Phi) is 2.92. The Morgan fingerprint density at radius 2 is 2.00 bits per heavy atom. The Bertz CT molecular complexity index is 589. The number of hydrogen-bond acceptors (Lipinski definition) is 3. The fraction of sp³-hybridized carbons (Fsp3) is 0.250. The first-order chi connectivity index (χ1) is 7.70. The van der Waals surface area contributed by atoms with Gasteiger partial charge in [0.05, 0.1) is 12.6 Å². The molecular formula is C12H13NO2S. The highest BCUT2D eigenvalue weighted by molar-refractivity contribution is 7.98. The number of ether oxygens (including phenoxy) is 1. The first kappa shape index (κ1) is 11.1. The summed E-state index contributed by atoms with van der Waals surface area (Å²) in [6, 6.07) is 7.75. The van der Waals surface area contributed by atoms with Gasteiger partial charge in [-0.2, -0.15) is 0 Å². The molecule has 2 aromatic rings. The second-order valence-electron chi connectivity index (χ2n) is 3.45. The van der Waals surface area contributed by atoms with Gasteiger partial charge < -0.3 is 9.30 Å². The second-order valence-corrected chi connectivity index (χ2v) is 4.26.